The molecule has 0 bridgehead atoms. The van der Waals surface area contributed by atoms with Crippen molar-refractivity contribution in [3.63, 3.8) is 0 Å². The molecule has 0 fully saturated rings. The maximum atomic E-state index is 11.5. The van der Waals surface area contributed by atoms with Crippen molar-refractivity contribution in [1.29, 1.82) is 0 Å². The first-order valence-electron chi connectivity index (χ1n) is 5.59. The Labute approximate surface area is 109 Å². The molecule has 1 heterocycles. The van der Waals surface area contributed by atoms with E-state index in [2.05, 4.69) is 15.6 Å². The molecule has 1 aromatic rings. The van der Waals surface area contributed by atoms with Crippen molar-refractivity contribution in [3.8, 4) is 0 Å². The molecule has 100 valence electrons. The van der Waals surface area contributed by atoms with Crippen molar-refractivity contribution < 1.29 is 14.7 Å². The third kappa shape index (κ3) is 4.33. The van der Waals surface area contributed by atoms with Gasteiger partial charge < -0.3 is 15.7 Å². The Morgan fingerprint density at radius 2 is 2.17 bits per heavy atom. The van der Waals surface area contributed by atoms with E-state index < -0.39 is 11.9 Å². The third-order valence-electron chi connectivity index (χ3n) is 2.35. The zero-order valence-electron chi connectivity index (χ0n) is 10.6. The molecule has 0 spiro atoms. The minimum Gasteiger partial charge on any atom is -0.481 e. The number of nitrogens with one attached hydrogen (secondary N) is 2. The number of carbonyl (C=O) groups is 2. The van der Waals surface area contributed by atoms with Gasteiger partial charge in [-0.2, -0.15) is 0 Å². The van der Waals surface area contributed by atoms with E-state index in [1.807, 2.05) is 13.8 Å². The molecule has 2 atom stereocenters. The van der Waals surface area contributed by atoms with Gasteiger partial charge in [0.05, 0.1) is 12.0 Å². The normalized spacial score (nSPS) is 13.7. The summed E-state index contributed by atoms with van der Waals surface area (Å²) in [6.07, 6.45) is 1.75. The van der Waals surface area contributed by atoms with Crippen LogP contribution in [0, 0.1) is 12.8 Å². The predicted octanol–water partition coefficient (Wildman–Crippen LogP) is 1.53. The highest BCUT2D eigenvalue weighted by Crippen LogP contribution is 2.18. The maximum absolute atomic E-state index is 11.5. The molecule has 3 N–H and O–H groups in total. The lowest BCUT2D eigenvalue weighted by Gasteiger charge is -2.13. The lowest BCUT2D eigenvalue weighted by Crippen LogP contribution is -2.40. The van der Waals surface area contributed by atoms with E-state index in [4.69, 9.17) is 5.11 Å². The minimum atomic E-state index is -0.932. The van der Waals surface area contributed by atoms with Gasteiger partial charge in [-0.15, -0.1) is 11.3 Å². The summed E-state index contributed by atoms with van der Waals surface area (Å²) >= 11 is 1.52. The van der Waals surface area contributed by atoms with Gasteiger partial charge in [-0.1, -0.05) is 6.92 Å². The van der Waals surface area contributed by atoms with Crippen LogP contribution in [0.4, 0.5) is 4.79 Å². The molecule has 18 heavy (non-hydrogen) atoms. The second-order valence-corrected chi connectivity index (χ2v) is 5.39. The van der Waals surface area contributed by atoms with Crippen LogP contribution in [0.3, 0.4) is 0 Å². The molecule has 1 rings (SSSR count). The highest BCUT2D eigenvalue weighted by atomic mass is 32.1. The predicted molar refractivity (Wildman–Crippen MR) is 68.6 cm³/mol. The number of aliphatic carboxylic acids is 1. The van der Waals surface area contributed by atoms with Gasteiger partial charge in [-0.3, -0.25) is 4.79 Å². The Bertz CT molecular complexity index is 433. The monoisotopic (exact) mass is 271 g/mol. The number of aromatic nitrogens is 1. The lowest BCUT2D eigenvalue weighted by atomic mass is 10.2. The first kappa shape index (κ1) is 14.4. The Morgan fingerprint density at radius 3 is 2.67 bits per heavy atom. The van der Waals surface area contributed by atoms with Crippen LogP contribution in [-0.4, -0.2) is 28.6 Å². The fourth-order valence-electron chi connectivity index (χ4n) is 1.21. The first-order valence-corrected chi connectivity index (χ1v) is 6.41. The van der Waals surface area contributed by atoms with Crippen LogP contribution in [0.2, 0.25) is 0 Å². The lowest BCUT2D eigenvalue weighted by molar-refractivity contribution is -0.140. The summed E-state index contributed by atoms with van der Waals surface area (Å²) in [4.78, 5) is 27.4. The van der Waals surface area contributed by atoms with Crippen LogP contribution in [0.5, 0.6) is 0 Å². The van der Waals surface area contributed by atoms with Gasteiger partial charge in [-0.25, -0.2) is 9.78 Å². The largest absolute Gasteiger partial charge is 0.481 e. The fraction of sp³-hybridized carbons (Fsp3) is 0.545. The van der Waals surface area contributed by atoms with Gasteiger partial charge >= 0.3 is 12.0 Å². The van der Waals surface area contributed by atoms with E-state index in [1.165, 1.54) is 18.3 Å². The van der Waals surface area contributed by atoms with Gasteiger partial charge in [0.1, 0.15) is 5.01 Å². The van der Waals surface area contributed by atoms with Gasteiger partial charge in [0, 0.05) is 17.6 Å². The Balaban J connectivity index is 2.38. The molecule has 0 aliphatic carbocycles. The van der Waals surface area contributed by atoms with Crippen LogP contribution in [0.1, 0.15) is 29.8 Å². The van der Waals surface area contributed by atoms with Crippen molar-refractivity contribution >= 4 is 23.3 Å². The van der Waals surface area contributed by atoms with E-state index in [0.717, 1.165) is 9.88 Å². The summed E-state index contributed by atoms with van der Waals surface area (Å²) in [6.45, 7) is 5.42. The zero-order valence-corrected chi connectivity index (χ0v) is 11.4. The summed E-state index contributed by atoms with van der Waals surface area (Å²) in [5.74, 6) is -1.54. The fourth-order valence-corrected chi connectivity index (χ4v) is 1.99. The standard InChI is InChI=1S/C11H17N3O3S/c1-6(10(15)16)4-13-11(17)14-8(3)9-12-5-7(2)18-9/h5-6,8H,4H2,1-3H3,(H,15,16)(H2,13,14,17). The minimum absolute atomic E-state index is 0.102. The SMILES string of the molecule is Cc1cnc(C(C)NC(=O)NCC(C)C(=O)O)s1. The van der Waals surface area contributed by atoms with Gasteiger partial charge in [0.2, 0.25) is 0 Å². The second kappa shape index (κ2) is 6.34. The van der Waals surface area contributed by atoms with Crippen molar-refractivity contribution in [2.45, 2.75) is 26.8 Å². The van der Waals surface area contributed by atoms with Crippen LogP contribution < -0.4 is 10.6 Å². The Kier molecular flexibility index (Phi) is 5.08. The van der Waals surface area contributed by atoms with E-state index >= 15 is 0 Å². The van der Waals surface area contributed by atoms with Crippen LogP contribution in [0.15, 0.2) is 6.20 Å². The summed E-state index contributed by atoms with van der Waals surface area (Å²) in [6, 6.07) is -0.577. The van der Waals surface area contributed by atoms with Crippen LogP contribution in [-0.2, 0) is 4.79 Å². The van der Waals surface area contributed by atoms with Gasteiger partial charge in [-0.05, 0) is 13.8 Å². The van der Waals surface area contributed by atoms with E-state index in [1.54, 1.807) is 6.20 Å². The number of carboxylic acids is 1. The zero-order chi connectivity index (χ0) is 13.7. The van der Waals surface area contributed by atoms with Crippen molar-refractivity contribution in [2.75, 3.05) is 6.54 Å². The van der Waals surface area contributed by atoms with E-state index in [0.29, 0.717) is 0 Å². The number of hydrogen-bond acceptors (Lipinski definition) is 4. The molecule has 2 unspecified atom stereocenters. The van der Waals surface area contributed by atoms with Gasteiger partial charge in [0.15, 0.2) is 0 Å². The highest BCUT2D eigenvalue weighted by Gasteiger charge is 2.15. The highest BCUT2D eigenvalue weighted by molar-refractivity contribution is 7.11. The number of hydrogen-bond donors (Lipinski definition) is 3. The quantitative estimate of drug-likeness (QED) is 0.757. The Morgan fingerprint density at radius 1 is 1.50 bits per heavy atom. The molecule has 6 nitrogen and oxygen atoms in total. The van der Waals surface area contributed by atoms with E-state index in [9.17, 15) is 9.59 Å². The summed E-state index contributed by atoms with van der Waals surface area (Å²) in [5.41, 5.74) is 0. The molecule has 0 saturated heterocycles. The number of carboxylic acid groups (broad SMARTS) is 1. The average Bonchev–Trinajstić information content (AvgIpc) is 2.72. The molecule has 1 aromatic heterocycles. The van der Waals surface area contributed by atoms with Crippen molar-refractivity contribution in [2.24, 2.45) is 5.92 Å². The number of carbonyl (C=O) groups excluding carboxylic acids is 1. The average molecular weight is 271 g/mol. The number of aryl methyl sites for hydroxylation is 1. The maximum Gasteiger partial charge on any atom is 0.315 e. The first-order chi connectivity index (χ1) is 8.40. The molecule has 0 saturated carbocycles. The van der Waals surface area contributed by atoms with Crippen molar-refractivity contribution in [3.05, 3.63) is 16.1 Å². The summed E-state index contributed by atoms with van der Waals surface area (Å²) in [7, 11) is 0. The second-order valence-electron chi connectivity index (χ2n) is 4.12. The van der Waals surface area contributed by atoms with Crippen LogP contribution >= 0.6 is 11.3 Å². The third-order valence-corrected chi connectivity index (χ3v) is 3.44. The summed E-state index contributed by atoms with van der Waals surface area (Å²) in [5, 5.41) is 14.7. The number of amides is 2. The molecule has 0 aliphatic heterocycles. The number of nitrogens with zero attached hydrogens (tertiary/aromatic N) is 1. The van der Waals surface area contributed by atoms with E-state index in [-0.39, 0.29) is 18.6 Å². The topological polar surface area (TPSA) is 91.3 Å². The molecule has 0 aliphatic rings. The molecule has 0 aromatic carbocycles. The smallest absolute Gasteiger partial charge is 0.315 e. The van der Waals surface area contributed by atoms with Gasteiger partial charge in [0.25, 0.3) is 0 Å². The number of thiazole rings is 1. The van der Waals surface area contributed by atoms with Crippen molar-refractivity contribution in [1.82, 2.24) is 15.6 Å². The Hall–Kier alpha value is -1.63. The molecule has 2 amide bonds. The summed E-state index contributed by atoms with van der Waals surface area (Å²) < 4.78 is 0. The number of urea groups is 1. The molecule has 0 radical (unpaired) electrons. The molecule has 7 heteroatoms. The molecular weight excluding hydrogens is 254 g/mol. The molecular formula is C11H17N3O3S. The number of rotatable bonds is 5. The van der Waals surface area contributed by atoms with Crippen LogP contribution in [0.25, 0.3) is 0 Å².